The molecule has 0 spiro atoms. The predicted molar refractivity (Wildman–Crippen MR) is 99.3 cm³/mol. The van der Waals surface area contributed by atoms with Gasteiger partial charge < -0.3 is 24.9 Å². The molecule has 0 saturated carbocycles. The van der Waals surface area contributed by atoms with Gasteiger partial charge in [0.15, 0.2) is 11.5 Å². The van der Waals surface area contributed by atoms with Crippen molar-refractivity contribution in [3.05, 3.63) is 47.8 Å². The van der Waals surface area contributed by atoms with Gasteiger partial charge in [0.05, 0.1) is 21.3 Å². The largest absolute Gasteiger partial charge is 0.493 e. The van der Waals surface area contributed by atoms with Gasteiger partial charge in [-0.25, -0.2) is 4.98 Å². The highest BCUT2D eigenvalue weighted by Crippen LogP contribution is 2.40. The molecule has 0 aliphatic carbocycles. The van der Waals surface area contributed by atoms with Crippen molar-refractivity contribution in [3.63, 3.8) is 0 Å². The lowest BCUT2D eigenvalue weighted by atomic mass is 10.0. The molecule has 3 aromatic rings. The van der Waals surface area contributed by atoms with Crippen LogP contribution in [-0.2, 0) is 4.79 Å². The zero-order chi connectivity index (χ0) is 18.7. The number of aromatic nitrogens is 2. The van der Waals surface area contributed by atoms with Gasteiger partial charge in [0.2, 0.25) is 11.7 Å². The summed E-state index contributed by atoms with van der Waals surface area (Å²) in [5, 5.41) is 0.888. The number of pyridine rings is 1. The normalized spacial score (nSPS) is 11.4. The van der Waals surface area contributed by atoms with E-state index in [0.717, 1.165) is 16.6 Å². The molecule has 0 unspecified atom stereocenters. The molecule has 26 heavy (non-hydrogen) atoms. The van der Waals surface area contributed by atoms with Crippen LogP contribution in [0.15, 0.2) is 36.7 Å². The van der Waals surface area contributed by atoms with Crippen molar-refractivity contribution in [1.82, 2.24) is 9.97 Å². The average molecular weight is 353 g/mol. The number of amides is 1. The van der Waals surface area contributed by atoms with Crippen molar-refractivity contribution in [2.45, 2.75) is 0 Å². The lowest BCUT2D eigenvalue weighted by Crippen LogP contribution is -2.13. The van der Waals surface area contributed by atoms with E-state index in [2.05, 4.69) is 9.97 Å². The molecular weight excluding hydrogens is 334 g/mol. The summed E-state index contributed by atoms with van der Waals surface area (Å²) in [6.45, 7) is 0. The SMILES string of the molecule is COc1cc(/C(=C\c2c[nH]c3ncccc23)C(N)=O)cc(OC)c1OC. The molecule has 7 heteroatoms. The molecule has 3 rings (SSSR count). The van der Waals surface area contributed by atoms with Crippen LogP contribution in [0.3, 0.4) is 0 Å². The molecule has 0 aliphatic rings. The smallest absolute Gasteiger partial charge is 0.249 e. The number of H-pyrrole nitrogens is 1. The summed E-state index contributed by atoms with van der Waals surface area (Å²) in [5.74, 6) is 0.751. The highest BCUT2D eigenvalue weighted by Gasteiger charge is 2.18. The number of nitrogens with one attached hydrogen (secondary N) is 1. The molecule has 0 fully saturated rings. The topological polar surface area (TPSA) is 99.5 Å². The Bertz CT molecular complexity index is 966. The van der Waals surface area contributed by atoms with Crippen LogP contribution in [0.5, 0.6) is 17.2 Å². The van der Waals surface area contributed by atoms with Gasteiger partial charge in [-0.1, -0.05) is 0 Å². The maximum Gasteiger partial charge on any atom is 0.249 e. The van der Waals surface area contributed by atoms with E-state index < -0.39 is 5.91 Å². The minimum Gasteiger partial charge on any atom is -0.493 e. The van der Waals surface area contributed by atoms with E-state index in [1.807, 2.05) is 12.1 Å². The summed E-state index contributed by atoms with van der Waals surface area (Å²) in [7, 11) is 4.55. The van der Waals surface area contributed by atoms with Gasteiger partial charge in [-0.15, -0.1) is 0 Å². The lowest BCUT2D eigenvalue weighted by Gasteiger charge is -2.14. The fraction of sp³-hybridized carbons (Fsp3) is 0.158. The maximum absolute atomic E-state index is 12.1. The molecule has 0 atom stereocenters. The van der Waals surface area contributed by atoms with Crippen LogP contribution in [0.4, 0.5) is 0 Å². The zero-order valence-electron chi connectivity index (χ0n) is 14.7. The summed E-state index contributed by atoms with van der Waals surface area (Å²) >= 11 is 0. The van der Waals surface area contributed by atoms with E-state index in [0.29, 0.717) is 28.4 Å². The highest BCUT2D eigenvalue weighted by molar-refractivity contribution is 6.24. The fourth-order valence-corrected chi connectivity index (χ4v) is 2.79. The zero-order valence-corrected chi connectivity index (χ0v) is 14.7. The number of hydrogen-bond donors (Lipinski definition) is 2. The first kappa shape index (κ1) is 17.3. The van der Waals surface area contributed by atoms with Crippen molar-refractivity contribution in [2.24, 2.45) is 5.73 Å². The highest BCUT2D eigenvalue weighted by atomic mass is 16.5. The van der Waals surface area contributed by atoms with Crippen molar-refractivity contribution in [2.75, 3.05) is 21.3 Å². The van der Waals surface area contributed by atoms with Crippen molar-refractivity contribution >= 4 is 28.6 Å². The number of ether oxygens (including phenoxy) is 3. The third-order valence-electron chi connectivity index (χ3n) is 4.02. The predicted octanol–water partition coefficient (Wildman–Crippen LogP) is 2.61. The molecule has 0 saturated heterocycles. The van der Waals surface area contributed by atoms with E-state index in [4.69, 9.17) is 19.9 Å². The molecule has 7 nitrogen and oxygen atoms in total. The molecule has 134 valence electrons. The molecule has 1 aromatic carbocycles. The first-order chi connectivity index (χ1) is 12.6. The van der Waals surface area contributed by atoms with Crippen LogP contribution < -0.4 is 19.9 Å². The number of rotatable bonds is 6. The molecule has 2 aromatic heterocycles. The number of fused-ring (bicyclic) bond motifs is 1. The van der Waals surface area contributed by atoms with E-state index in [9.17, 15) is 4.79 Å². The second kappa shape index (κ2) is 7.18. The fourth-order valence-electron chi connectivity index (χ4n) is 2.79. The van der Waals surface area contributed by atoms with Gasteiger partial charge in [-0.3, -0.25) is 4.79 Å². The average Bonchev–Trinajstić information content (AvgIpc) is 3.07. The molecule has 2 heterocycles. The number of nitrogens with zero attached hydrogens (tertiary/aromatic N) is 1. The molecule has 1 amide bonds. The van der Waals surface area contributed by atoms with Gasteiger partial charge in [0.1, 0.15) is 5.65 Å². The maximum atomic E-state index is 12.1. The second-order valence-electron chi connectivity index (χ2n) is 5.48. The Kier molecular flexibility index (Phi) is 4.79. The van der Waals surface area contributed by atoms with Crippen LogP contribution in [-0.4, -0.2) is 37.2 Å². The molecule has 0 bridgehead atoms. The van der Waals surface area contributed by atoms with Crippen molar-refractivity contribution < 1.29 is 19.0 Å². The molecular formula is C19H19N3O4. The Morgan fingerprint density at radius 1 is 1.15 bits per heavy atom. The standard InChI is InChI=1S/C19H19N3O4/c1-24-15-8-11(9-16(25-2)17(15)26-3)14(18(20)23)7-12-10-22-19-13(12)5-4-6-21-19/h4-10H,1-3H3,(H2,20,23)(H,21,22)/b14-7+. The number of hydrogen-bond acceptors (Lipinski definition) is 5. The molecule has 0 radical (unpaired) electrons. The Morgan fingerprint density at radius 2 is 1.85 bits per heavy atom. The number of methoxy groups -OCH3 is 3. The van der Waals surface area contributed by atoms with Crippen molar-refractivity contribution in [3.8, 4) is 17.2 Å². The first-order valence-corrected chi connectivity index (χ1v) is 7.83. The van der Waals surface area contributed by atoms with Gasteiger partial charge in [0, 0.05) is 28.9 Å². The third kappa shape index (κ3) is 3.06. The second-order valence-corrected chi connectivity index (χ2v) is 5.48. The summed E-state index contributed by atoms with van der Waals surface area (Å²) in [5.41, 5.74) is 8.04. The summed E-state index contributed by atoms with van der Waals surface area (Å²) in [6.07, 6.45) is 5.18. The van der Waals surface area contributed by atoms with E-state index in [1.54, 1.807) is 30.6 Å². The Morgan fingerprint density at radius 3 is 2.42 bits per heavy atom. The summed E-state index contributed by atoms with van der Waals surface area (Å²) in [6, 6.07) is 7.12. The van der Waals surface area contributed by atoms with Crippen molar-refractivity contribution in [1.29, 1.82) is 0 Å². The number of aromatic amines is 1. The van der Waals surface area contributed by atoms with E-state index >= 15 is 0 Å². The number of carbonyl (C=O) groups excluding carboxylic acids is 1. The first-order valence-electron chi connectivity index (χ1n) is 7.83. The Labute approximate surface area is 150 Å². The number of benzene rings is 1. The number of carbonyl (C=O) groups is 1. The van der Waals surface area contributed by atoms with Crippen LogP contribution in [0.2, 0.25) is 0 Å². The van der Waals surface area contributed by atoms with Crippen LogP contribution in [0, 0.1) is 0 Å². The number of nitrogens with two attached hydrogens (primary N) is 1. The minimum absolute atomic E-state index is 0.314. The summed E-state index contributed by atoms with van der Waals surface area (Å²) in [4.78, 5) is 19.4. The van der Waals surface area contributed by atoms with E-state index in [1.165, 1.54) is 21.3 Å². The summed E-state index contributed by atoms with van der Waals surface area (Å²) < 4.78 is 16.0. The van der Waals surface area contributed by atoms with Crippen LogP contribution >= 0.6 is 0 Å². The Balaban J connectivity index is 2.19. The van der Waals surface area contributed by atoms with Crippen LogP contribution in [0.1, 0.15) is 11.1 Å². The quantitative estimate of drug-likeness (QED) is 0.664. The lowest BCUT2D eigenvalue weighted by molar-refractivity contribution is -0.112. The van der Waals surface area contributed by atoms with Gasteiger partial charge >= 0.3 is 0 Å². The van der Waals surface area contributed by atoms with Gasteiger partial charge in [0.25, 0.3) is 0 Å². The molecule has 0 aliphatic heterocycles. The number of primary amides is 1. The van der Waals surface area contributed by atoms with Gasteiger partial charge in [-0.2, -0.15) is 0 Å². The van der Waals surface area contributed by atoms with Crippen LogP contribution in [0.25, 0.3) is 22.7 Å². The molecule has 3 N–H and O–H groups in total. The van der Waals surface area contributed by atoms with Gasteiger partial charge in [-0.05, 0) is 35.9 Å². The monoisotopic (exact) mass is 353 g/mol. The Hall–Kier alpha value is -3.48. The minimum atomic E-state index is -0.572. The third-order valence-corrected chi connectivity index (χ3v) is 4.02. The van der Waals surface area contributed by atoms with E-state index in [-0.39, 0.29) is 0 Å².